The molecule has 252 valence electrons. The molecule has 0 atom stereocenters. The topological polar surface area (TPSA) is 3.24 Å². The Morgan fingerprint density at radius 3 is 1.48 bits per heavy atom. The van der Waals surface area contributed by atoms with E-state index in [1.807, 2.05) is 0 Å². The van der Waals surface area contributed by atoms with Crippen LogP contribution in [0.15, 0.2) is 152 Å². The van der Waals surface area contributed by atoms with E-state index in [0.29, 0.717) is 0 Å². The maximum atomic E-state index is 2.56. The van der Waals surface area contributed by atoms with Gasteiger partial charge in [-0.15, -0.1) is 0 Å². The van der Waals surface area contributed by atoms with E-state index in [1.165, 1.54) is 89.3 Å². The molecule has 0 unspecified atom stereocenters. The van der Waals surface area contributed by atoms with Gasteiger partial charge in [0.2, 0.25) is 0 Å². The van der Waals surface area contributed by atoms with Gasteiger partial charge in [0.1, 0.15) is 0 Å². The number of anilines is 3. The van der Waals surface area contributed by atoms with Crippen molar-refractivity contribution in [2.45, 2.75) is 57.8 Å². The average Bonchev–Trinajstić information content (AvgIpc) is 3.64. The van der Waals surface area contributed by atoms with E-state index in [1.54, 1.807) is 0 Å². The third-order valence-corrected chi connectivity index (χ3v) is 12.6. The Labute approximate surface area is 308 Å². The Bertz CT molecular complexity index is 2590. The van der Waals surface area contributed by atoms with Crippen LogP contribution >= 0.6 is 0 Å². The first-order valence-electron chi connectivity index (χ1n) is 18.7. The van der Waals surface area contributed by atoms with Crippen LogP contribution in [0.4, 0.5) is 17.1 Å². The molecule has 0 bridgehead atoms. The maximum Gasteiger partial charge on any atom is 0.0468 e. The summed E-state index contributed by atoms with van der Waals surface area (Å²) in [4.78, 5) is 2.46. The number of hydrogen-bond donors (Lipinski definition) is 0. The van der Waals surface area contributed by atoms with Gasteiger partial charge in [-0.25, -0.2) is 0 Å². The molecule has 0 N–H and O–H groups in total. The summed E-state index contributed by atoms with van der Waals surface area (Å²) in [5, 5.41) is 0. The predicted molar refractivity (Wildman–Crippen MR) is 219 cm³/mol. The molecular weight excluding hydrogens is 627 g/mol. The highest BCUT2D eigenvalue weighted by atomic mass is 15.1. The van der Waals surface area contributed by atoms with Crippen molar-refractivity contribution in [1.82, 2.24) is 0 Å². The van der Waals surface area contributed by atoms with Crippen LogP contribution in [-0.2, 0) is 16.2 Å². The van der Waals surface area contributed by atoms with Gasteiger partial charge in [-0.05, 0) is 114 Å². The largest absolute Gasteiger partial charge is 0.310 e. The summed E-state index contributed by atoms with van der Waals surface area (Å²) in [7, 11) is 0. The first kappa shape index (κ1) is 31.1. The van der Waals surface area contributed by atoms with Crippen LogP contribution < -0.4 is 4.90 Å². The van der Waals surface area contributed by atoms with Crippen LogP contribution in [0.2, 0.25) is 0 Å². The smallest absolute Gasteiger partial charge is 0.0468 e. The van der Waals surface area contributed by atoms with Crippen LogP contribution in [0.3, 0.4) is 0 Å². The lowest BCUT2D eigenvalue weighted by molar-refractivity contribution is 0.639. The molecule has 7 aromatic rings. The fourth-order valence-electron chi connectivity index (χ4n) is 9.94. The number of fused-ring (bicyclic) bond motifs is 9. The second kappa shape index (κ2) is 10.7. The van der Waals surface area contributed by atoms with Crippen molar-refractivity contribution in [1.29, 1.82) is 0 Å². The van der Waals surface area contributed by atoms with Gasteiger partial charge in [0, 0.05) is 33.3 Å². The molecular formula is C51H43N. The normalized spacial score (nSPS) is 16.0. The lowest BCUT2D eigenvalue weighted by Gasteiger charge is -2.29. The van der Waals surface area contributed by atoms with Crippen molar-refractivity contribution in [3.8, 4) is 44.5 Å². The van der Waals surface area contributed by atoms with Gasteiger partial charge >= 0.3 is 0 Å². The van der Waals surface area contributed by atoms with Crippen molar-refractivity contribution in [3.05, 3.63) is 185 Å². The van der Waals surface area contributed by atoms with Crippen LogP contribution in [0.25, 0.3) is 44.5 Å². The molecule has 0 saturated carbocycles. The number of benzene rings is 7. The standard InChI is InChI=1S/C51H43N/c1-49(2)40-23-15-13-21-36(40)37-27-25-35(30-43(37)49)52(33-19-11-8-12-20-33)34-26-28-42-39(29-34)48-45(51(42,5)6)31-44-47(46(48)32-17-9-7-10-18-32)38-22-14-16-24-41(38)50(44,3)4/h7-31H,1-6H3. The van der Waals surface area contributed by atoms with Crippen molar-refractivity contribution in [2.24, 2.45) is 0 Å². The summed E-state index contributed by atoms with van der Waals surface area (Å²) >= 11 is 0. The van der Waals surface area contributed by atoms with Crippen LogP contribution in [-0.4, -0.2) is 0 Å². The maximum absolute atomic E-state index is 2.56. The van der Waals surface area contributed by atoms with E-state index in [2.05, 4.69) is 198 Å². The van der Waals surface area contributed by atoms with E-state index in [-0.39, 0.29) is 16.2 Å². The second-order valence-electron chi connectivity index (χ2n) is 16.6. The Morgan fingerprint density at radius 1 is 0.308 bits per heavy atom. The lowest BCUT2D eigenvalue weighted by atomic mass is 9.76. The molecule has 0 saturated heterocycles. The number of hydrogen-bond acceptors (Lipinski definition) is 1. The van der Waals surface area contributed by atoms with Gasteiger partial charge in [0.25, 0.3) is 0 Å². The molecule has 0 aliphatic heterocycles. The highest BCUT2D eigenvalue weighted by Gasteiger charge is 2.44. The van der Waals surface area contributed by atoms with Crippen LogP contribution in [0.5, 0.6) is 0 Å². The fraction of sp³-hybridized carbons (Fsp3) is 0.176. The molecule has 3 aliphatic rings. The number of nitrogens with zero attached hydrogens (tertiary/aromatic N) is 1. The van der Waals surface area contributed by atoms with Gasteiger partial charge in [0.15, 0.2) is 0 Å². The molecule has 7 aromatic carbocycles. The molecule has 0 radical (unpaired) electrons. The van der Waals surface area contributed by atoms with Gasteiger partial charge in [-0.2, -0.15) is 0 Å². The zero-order valence-electron chi connectivity index (χ0n) is 30.9. The van der Waals surface area contributed by atoms with Crippen molar-refractivity contribution >= 4 is 17.1 Å². The zero-order valence-corrected chi connectivity index (χ0v) is 30.9. The Kier molecular flexibility index (Phi) is 6.39. The molecule has 3 aliphatic carbocycles. The molecule has 0 aromatic heterocycles. The molecule has 0 amide bonds. The quantitative estimate of drug-likeness (QED) is 0.180. The highest BCUT2D eigenvalue weighted by Crippen LogP contribution is 2.61. The fourth-order valence-corrected chi connectivity index (χ4v) is 9.94. The highest BCUT2D eigenvalue weighted by molar-refractivity contribution is 6.04. The van der Waals surface area contributed by atoms with Crippen molar-refractivity contribution < 1.29 is 0 Å². The van der Waals surface area contributed by atoms with Gasteiger partial charge in [-0.3, -0.25) is 0 Å². The van der Waals surface area contributed by atoms with Crippen LogP contribution in [0.1, 0.15) is 74.9 Å². The first-order valence-corrected chi connectivity index (χ1v) is 18.7. The summed E-state index contributed by atoms with van der Waals surface area (Å²) in [5.74, 6) is 0. The number of rotatable bonds is 4. The van der Waals surface area contributed by atoms with Gasteiger partial charge in [-0.1, -0.05) is 157 Å². The lowest BCUT2D eigenvalue weighted by Crippen LogP contribution is -2.19. The van der Waals surface area contributed by atoms with Gasteiger partial charge in [0.05, 0.1) is 0 Å². The summed E-state index contributed by atoms with van der Waals surface area (Å²) in [5.41, 5.74) is 22.4. The van der Waals surface area contributed by atoms with Crippen molar-refractivity contribution in [3.63, 3.8) is 0 Å². The third kappa shape index (κ3) is 4.11. The Morgan fingerprint density at radius 2 is 0.788 bits per heavy atom. The SMILES string of the molecule is CC1(C)c2ccccc2-c2ccc(N(c3ccccc3)c3ccc4c(c3)-c3c(cc5c(c3-c3ccccc3)-c3ccccc3C5(C)C)C4(C)C)cc21. The number of para-hydroxylation sites is 1. The molecule has 1 heteroatoms. The minimum atomic E-state index is -0.159. The second-order valence-corrected chi connectivity index (χ2v) is 16.6. The molecule has 0 heterocycles. The molecule has 0 spiro atoms. The van der Waals surface area contributed by atoms with E-state index in [9.17, 15) is 0 Å². The summed E-state index contributed by atoms with van der Waals surface area (Å²) < 4.78 is 0. The van der Waals surface area contributed by atoms with E-state index in [4.69, 9.17) is 0 Å². The van der Waals surface area contributed by atoms with Gasteiger partial charge < -0.3 is 4.90 Å². The minimum Gasteiger partial charge on any atom is -0.310 e. The average molecular weight is 670 g/mol. The third-order valence-electron chi connectivity index (χ3n) is 12.6. The molecule has 10 rings (SSSR count). The summed E-state index contributed by atoms with van der Waals surface area (Å²) in [6, 6.07) is 56.9. The molecule has 52 heavy (non-hydrogen) atoms. The predicted octanol–water partition coefficient (Wildman–Crippen LogP) is 13.7. The van der Waals surface area contributed by atoms with E-state index < -0.39 is 0 Å². The zero-order chi connectivity index (χ0) is 35.6. The summed E-state index contributed by atoms with van der Waals surface area (Å²) in [6.07, 6.45) is 0. The van der Waals surface area contributed by atoms with Crippen molar-refractivity contribution in [2.75, 3.05) is 4.90 Å². The molecule has 1 nitrogen and oxygen atoms in total. The first-order chi connectivity index (χ1) is 25.1. The molecule has 0 fully saturated rings. The Balaban J connectivity index is 1.23. The monoisotopic (exact) mass is 669 g/mol. The Hall–Kier alpha value is -5.66. The van der Waals surface area contributed by atoms with E-state index >= 15 is 0 Å². The van der Waals surface area contributed by atoms with E-state index in [0.717, 1.165) is 5.69 Å². The van der Waals surface area contributed by atoms with Crippen LogP contribution in [0, 0.1) is 0 Å². The minimum absolute atomic E-state index is 0.0831. The summed E-state index contributed by atoms with van der Waals surface area (Å²) in [6.45, 7) is 14.4.